The van der Waals surface area contributed by atoms with Crippen molar-refractivity contribution in [2.45, 2.75) is 11.4 Å². The molecule has 0 radical (unpaired) electrons. The minimum atomic E-state index is -5.25. The van der Waals surface area contributed by atoms with Crippen LogP contribution in [-0.2, 0) is 10.0 Å². The van der Waals surface area contributed by atoms with Gasteiger partial charge in [0, 0.05) is 10.6 Å². The van der Waals surface area contributed by atoms with E-state index < -0.39 is 37.9 Å². The van der Waals surface area contributed by atoms with Gasteiger partial charge in [-0.25, -0.2) is 17.9 Å². The van der Waals surface area contributed by atoms with E-state index in [1.807, 2.05) is 0 Å². The van der Waals surface area contributed by atoms with Crippen LogP contribution in [0.2, 0.25) is 5.02 Å². The van der Waals surface area contributed by atoms with Crippen LogP contribution in [0.25, 0.3) is 0 Å². The molecule has 1 aromatic carbocycles. The fourth-order valence-corrected chi connectivity index (χ4v) is 2.55. The van der Waals surface area contributed by atoms with E-state index in [1.54, 1.807) is 0 Å². The van der Waals surface area contributed by atoms with Crippen molar-refractivity contribution in [1.82, 2.24) is 0 Å². The van der Waals surface area contributed by atoms with E-state index in [9.17, 15) is 26.0 Å². The van der Waals surface area contributed by atoms with E-state index in [-0.39, 0.29) is 0 Å². The summed E-state index contributed by atoms with van der Waals surface area (Å²) in [6.45, 7) is 0. The first-order valence-electron chi connectivity index (χ1n) is 4.07. The van der Waals surface area contributed by atoms with Gasteiger partial charge in [-0.05, 0) is 12.1 Å². The molecule has 2 N–H and O–H groups in total. The third kappa shape index (κ3) is 3.08. The van der Waals surface area contributed by atoms with Gasteiger partial charge >= 0.3 is 6.18 Å². The van der Waals surface area contributed by atoms with Crippen molar-refractivity contribution in [2.75, 3.05) is 0 Å². The van der Waals surface area contributed by atoms with Gasteiger partial charge in [0.2, 0.25) is 10.0 Å². The van der Waals surface area contributed by atoms with Crippen LogP contribution in [-0.4, -0.2) is 14.6 Å². The Morgan fingerprint density at radius 1 is 1.29 bits per heavy atom. The summed E-state index contributed by atoms with van der Waals surface area (Å²) in [4.78, 5) is 0. The number of nitrogens with two attached hydrogens (primary N) is 1. The molecule has 0 heterocycles. The average molecular weight is 292 g/mol. The molecule has 17 heavy (non-hydrogen) atoms. The Hall–Kier alpha value is -0.860. The molecule has 96 valence electrons. The maximum atomic E-state index is 13.3. The zero-order valence-electron chi connectivity index (χ0n) is 8.00. The number of benzene rings is 1. The number of halogens is 5. The monoisotopic (exact) mass is 291 g/mol. The van der Waals surface area contributed by atoms with Gasteiger partial charge in [0.15, 0.2) is 5.25 Å². The van der Waals surface area contributed by atoms with E-state index in [0.29, 0.717) is 6.07 Å². The number of hydrogen-bond acceptors (Lipinski definition) is 2. The summed E-state index contributed by atoms with van der Waals surface area (Å²) in [5, 5.41) is 0.634. The predicted molar refractivity (Wildman–Crippen MR) is 53.3 cm³/mol. The number of hydrogen-bond donors (Lipinski definition) is 1. The molecular weight excluding hydrogens is 286 g/mol. The Morgan fingerprint density at radius 2 is 1.82 bits per heavy atom. The van der Waals surface area contributed by atoms with Crippen LogP contribution in [0.3, 0.4) is 0 Å². The SMILES string of the molecule is NS(=O)(=O)C(c1c(F)cccc1Cl)C(F)(F)F. The van der Waals surface area contributed by atoms with Crippen LogP contribution in [0.15, 0.2) is 18.2 Å². The lowest BCUT2D eigenvalue weighted by atomic mass is 10.1. The van der Waals surface area contributed by atoms with Crippen molar-refractivity contribution in [1.29, 1.82) is 0 Å². The van der Waals surface area contributed by atoms with Crippen molar-refractivity contribution in [3.05, 3.63) is 34.6 Å². The third-order valence-electron chi connectivity index (χ3n) is 1.89. The van der Waals surface area contributed by atoms with Crippen LogP contribution >= 0.6 is 11.6 Å². The Bertz CT molecular complexity index is 509. The lowest BCUT2D eigenvalue weighted by Gasteiger charge is -2.19. The number of sulfonamides is 1. The fraction of sp³-hybridized carbons (Fsp3) is 0.250. The van der Waals surface area contributed by atoms with Crippen LogP contribution in [0.1, 0.15) is 10.8 Å². The maximum absolute atomic E-state index is 13.3. The fourth-order valence-electron chi connectivity index (χ4n) is 1.28. The molecule has 0 saturated heterocycles. The molecule has 0 amide bonds. The molecule has 0 fully saturated rings. The molecule has 1 unspecified atom stereocenters. The molecule has 9 heteroatoms. The summed E-state index contributed by atoms with van der Waals surface area (Å²) in [5.74, 6) is -1.38. The number of alkyl halides is 3. The first kappa shape index (κ1) is 14.2. The summed E-state index contributed by atoms with van der Waals surface area (Å²) in [5.41, 5.74) is -1.19. The first-order valence-corrected chi connectivity index (χ1v) is 6.06. The highest BCUT2D eigenvalue weighted by Crippen LogP contribution is 2.41. The second-order valence-corrected chi connectivity index (χ2v) is 5.20. The molecular formula is C8H6ClF4NO2S. The molecule has 0 spiro atoms. The van der Waals surface area contributed by atoms with Crippen molar-refractivity contribution in [2.24, 2.45) is 5.14 Å². The van der Waals surface area contributed by atoms with Crippen molar-refractivity contribution < 1.29 is 26.0 Å². The summed E-state index contributed by atoms with van der Waals surface area (Å²) < 4.78 is 72.8. The average Bonchev–Trinajstić information content (AvgIpc) is 2.06. The predicted octanol–water partition coefficient (Wildman–Crippen LogP) is 2.37. The standard InChI is InChI=1S/C8H6ClF4NO2S/c9-4-2-1-3-5(10)6(4)7(8(11,12)13)17(14,15)16/h1-3,7H,(H2,14,15,16). The first-order chi connectivity index (χ1) is 7.55. The normalized spacial score (nSPS) is 14.7. The second-order valence-electron chi connectivity index (χ2n) is 3.15. The Balaban J connectivity index is 3.55. The molecule has 0 aromatic heterocycles. The van der Waals surface area contributed by atoms with Crippen LogP contribution in [0.5, 0.6) is 0 Å². The summed E-state index contributed by atoms with van der Waals surface area (Å²) in [6, 6.07) is 2.67. The highest BCUT2D eigenvalue weighted by molar-refractivity contribution is 7.89. The van der Waals surface area contributed by atoms with Gasteiger partial charge in [-0.1, -0.05) is 17.7 Å². The quantitative estimate of drug-likeness (QED) is 0.850. The van der Waals surface area contributed by atoms with Gasteiger partial charge in [-0.3, -0.25) is 0 Å². The van der Waals surface area contributed by atoms with E-state index >= 15 is 0 Å². The van der Waals surface area contributed by atoms with Gasteiger partial charge in [-0.2, -0.15) is 13.2 Å². The van der Waals surface area contributed by atoms with Gasteiger partial charge in [0.05, 0.1) is 0 Å². The number of rotatable bonds is 2. The Kier molecular flexibility index (Phi) is 3.70. The zero-order chi connectivity index (χ0) is 13.4. The minimum Gasteiger partial charge on any atom is -0.228 e. The minimum absolute atomic E-state index is 0.652. The molecule has 1 atom stereocenters. The van der Waals surface area contributed by atoms with Gasteiger partial charge in [0.1, 0.15) is 5.82 Å². The van der Waals surface area contributed by atoms with Crippen molar-refractivity contribution in [3.63, 3.8) is 0 Å². The molecule has 0 bridgehead atoms. The Labute approximate surface area is 99.2 Å². The molecule has 1 aromatic rings. The highest BCUT2D eigenvalue weighted by Gasteiger charge is 2.50. The topological polar surface area (TPSA) is 60.2 Å². The summed E-state index contributed by atoms with van der Waals surface area (Å²) in [7, 11) is -5.07. The van der Waals surface area contributed by atoms with Crippen molar-refractivity contribution >= 4 is 21.6 Å². The number of primary sulfonamides is 1. The summed E-state index contributed by atoms with van der Waals surface area (Å²) >= 11 is 5.38. The van der Waals surface area contributed by atoms with Gasteiger partial charge in [-0.15, -0.1) is 0 Å². The van der Waals surface area contributed by atoms with E-state index in [4.69, 9.17) is 11.6 Å². The molecule has 0 aliphatic carbocycles. The van der Waals surface area contributed by atoms with E-state index in [1.165, 1.54) is 0 Å². The van der Waals surface area contributed by atoms with Crippen LogP contribution < -0.4 is 5.14 Å². The third-order valence-corrected chi connectivity index (χ3v) is 3.38. The second kappa shape index (κ2) is 4.43. The van der Waals surface area contributed by atoms with Gasteiger partial charge in [0.25, 0.3) is 0 Å². The molecule has 3 nitrogen and oxygen atoms in total. The van der Waals surface area contributed by atoms with Crippen molar-refractivity contribution in [3.8, 4) is 0 Å². The highest BCUT2D eigenvalue weighted by atomic mass is 35.5. The lowest BCUT2D eigenvalue weighted by Crippen LogP contribution is -2.34. The largest absolute Gasteiger partial charge is 0.411 e. The summed E-state index contributed by atoms with van der Waals surface area (Å²) in [6.07, 6.45) is -5.25. The van der Waals surface area contributed by atoms with Gasteiger partial charge < -0.3 is 0 Å². The molecule has 0 aliphatic heterocycles. The van der Waals surface area contributed by atoms with E-state index in [0.717, 1.165) is 12.1 Å². The van der Waals surface area contributed by atoms with Crippen LogP contribution in [0.4, 0.5) is 17.6 Å². The molecule has 0 saturated carbocycles. The lowest BCUT2D eigenvalue weighted by molar-refractivity contribution is -0.132. The molecule has 0 aliphatic rings. The zero-order valence-corrected chi connectivity index (χ0v) is 9.57. The maximum Gasteiger partial charge on any atom is 0.411 e. The molecule has 1 rings (SSSR count). The Morgan fingerprint density at radius 3 is 2.18 bits per heavy atom. The van der Waals surface area contributed by atoms with Crippen LogP contribution in [0, 0.1) is 5.82 Å². The smallest absolute Gasteiger partial charge is 0.228 e. The van der Waals surface area contributed by atoms with E-state index in [2.05, 4.69) is 5.14 Å².